The predicted octanol–water partition coefficient (Wildman–Crippen LogP) is 5.16. The lowest BCUT2D eigenvalue weighted by Crippen LogP contribution is -2.27. The summed E-state index contributed by atoms with van der Waals surface area (Å²) in [4.78, 5) is 0. The molecule has 1 aliphatic heterocycles. The summed E-state index contributed by atoms with van der Waals surface area (Å²) in [7, 11) is 0. The maximum Gasteiger partial charge on any atom is 0.123 e. The van der Waals surface area contributed by atoms with E-state index in [1.54, 1.807) is 0 Å². The van der Waals surface area contributed by atoms with Crippen molar-refractivity contribution in [2.75, 3.05) is 0 Å². The third-order valence-electron chi connectivity index (χ3n) is 5.47. The van der Waals surface area contributed by atoms with Crippen molar-refractivity contribution in [3.8, 4) is 11.5 Å². The number of fused-ring (bicyclic) bond motifs is 3. The zero-order valence-corrected chi connectivity index (χ0v) is 13.7. The van der Waals surface area contributed by atoms with Crippen LogP contribution in [0.25, 0.3) is 0 Å². The standard InChI is InChI=1S/C21H24O2/c1-2-6-16-12-21-18(13-19(16)22)17-10-9-15(11-20(17)23-21)14-7-4-3-5-8-14/h3-5,7-8,12-13,15,17,20,22H,2,6,9-11H2,1H3. The van der Waals surface area contributed by atoms with E-state index in [1.807, 2.05) is 6.07 Å². The molecule has 23 heavy (non-hydrogen) atoms. The molecule has 0 aromatic heterocycles. The molecule has 2 aliphatic rings. The first-order valence-corrected chi connectivity index (χ1v) is 8.83. The molecule has 0 radical (unpaired) electrons. The van der Waals surface area contributed by atoms with E-state index in [2.05, 4.69) is 43.3 Å². The van der Waals surface area contributed by atoms with Crippen molar-refractivity contribution in [3.63, 3.8) is 0 Å². The number of aromatic hydroxyl groups is 1. The zero-order chi connectivity index (χ0) is 15.8. The van der Waals surface area contributed by atoms with Crippen molar-refractivity contribution in [2.24, 2.45) is 0 Å². The first-order chi connectivity index (χ1) is 11.3. The van der Waals surface area contributed by atoms with E-state index in [1.165, 1.54) is 17.5 Å². The Bertz CT molecular complexity index is 692. The van der Waals surface area contributed by atoms with Gasteiger partial charge in [-0.2, -0.15) is 0 Å². The van der Waals surface area contributed by atoms with E-state index < -0.39 is 0 Å². The summed E-state index contributed by atoms with van der Waals surface area (Å²) in [5, 5.41) is 10.3. The lowest BCUT2D eigenvalue weighted by molar-refractivity contribution is 0.151. The monoisotopic (exact) mass is 308 g/mol. The maximum atomic E-state index is 10.3. The van der Waals surface area contributed by atoms with Gasteiger partial charge in [0.1, 0.15) is 17.6 Å². The van der Waals surface area contributed by atoms with E-state index in [4.69, 9.17) is 4.74 Å². The summed E-state index contributed by atoms with van der Waals surface area (Å²) in [6.45, 7) is 2.14. The van der Waals surface area contributed by atoms with E-state index in [0.717, 1.165) is 37.0 Å². The van der Waals surface area contributed by atoms with Crippen molar-refractivity contribution in [1.29, 1.82) is 0 Å². The quantitative estimate of drug-likeness (QED) is 0.849. The average molecular weight is 308 g/mol. The number of phenolic OH excluding ortho intramolecular Hbond substituents is 1. The van der Waals surface area contributed by atoms with Gasteiger partial charge in [0, 0.05) is 11.5 Å². The number of ether oxygens (including phenoxy) is 1. The van der Waals surface area contributed by atoms with E-state index >= 15 is 0 Å². The Morgan fingerprint density at radius 3 is 2.74 bits per heavy atom. The molecular weight excluding hydrogens is 284 g/mol. The van der Waals surface area contributed by atoms with Crippen molar-refractivity contribution >= 4 is 0 Å². The highest BCUT2D eigenvalue weighted by atomic mass is 16.5. The SMILES string of the molecule is CCCc1cc2c(cc1O)C1CCC(c3ccccc3)CC1O2. The second-order valence-corrected chi connectivity index (χ2v) is 6.95. The molecule has 0 amide bonds. The van der Waals surface area contributed by atoms with Gasteiger partial charge >= 0.3 is 0 Å². The van der Waals surface area contributed by atoms with Crippen LogP contribution in [0.2, 0.25) is 0 Å². The number of hydrogen-bond donors (Lipinski definition) is 1. The van der Waals surface area contributed by atoms with Gasteiger partial charge < -0.3 is 9.84 Å². The highest BCUT2D eigenvalue weighted by molar-refractivity contribution is 5.50. The summed E-state index contributed by atoms with van der Waals surface area (Å²) in [5.74, 6) is 2.50. The van der Waals surface area contributed by atoms with Crippen LogP contribution >= 0.6 is 0 Å². The molecule has 3 atom stereocenters. The molecule has 4 rings (SSSR count). The van der Waals surface area contributed by atoms with E-state index in [-0.39, 0.29) is 6.10 Å². The minimum Gasteiger partial charge on any atom is -0.508 e. The molecule has 0 saturated heterocycles. The topological polar surface area (TPSA) is 29.5 Å². The van der Waals surface area contributed by atoms with E-state index in [0.29, 0.717) is 17.6 Å². The highest BCUT2D eigenvalue weighted by Gasteiger charge is 2.40. The fourth-order valence-electron chi connectivity index (χ4n) is 4.29. The molecule has 1 N–H and O–H groups in total. The Kier molecular flexibility index (Phi) is 3.76. The van der Waals surface area contributed by atoms with Crippen molar-refractivity contribution in [3.05, 3.63) is 59.2 Å². The van der Waals surface area contributed by atoms with Gasteiger partial charge in [-0.1, -0.05) is 43.7 Å². The van der Waals surface area contributed by atoms with Crippen LogP contribution in [0, 0.1) is 0 Å². The Morgan fingerprint density at radius 2 is 1.96 bits per heavy atom. The molecule has 0 spiro atoms. The Balaban J connectivity index is 1.57. The van der Waals surface area contributed by atoms with Crippen LogP contribution in [-0.4, -0.2) is 11.2 Å². The smallest absolute Gasteiger partial charge is 0.123 e. The summed E-state index contributed by atoms with van der Waals surface area (Å²) in [6.07, 6.45) is 5.63. The van der Waals surface area contributed by atoms with E-state index in [9.17, 15) is 5.11 Å². The summed E-state index contributed by atoms with van der Waals surface area (Å²) in [5.41, 5.74) is 3.67. The van der Waals surface area contributed by atoms with Crippen LogP contribution in [0.5, 0.6) is 11.5 Å². The first-order valence-electron chi connectivity index (χ1n) is 8.83. The number of aryl methyl sites for hydroxylation is 1. The molecule has 2 heteroatoms. The van der Waals surface area contributed by atoms with Gasteiger partial charge in [-0.05, 0) is 54.9 Å². The number of rotatable bonds is 3. The summed E-state index contributed by atoms with van der Waals surface area (Å²) >= 11 is 0. The normalized spacial score (nSPS) is 25.5. The second-order valence-electron chi connectivity index (χ2n) is 6.95. The van der Waals surface area contributed by atoms with Crippen molar-refractivity contribution < 1.29 is 9.84 Å². The maximum absolute atomic E-state index is 10.3. The van der Waals surface area contributed by atoms with Crippen LogP contribution in [0.3, 0.4) is 0 Å². The van der Waals surface area contributed by atoms with Crippen LogP contribution in [0.1, 0.15) is 61.1 Å². The Labute approximate surface area is 138 Å². The minimum atomic E-state index is 0.264. The molecule has 2 aromatic carbocycles. The van der Waals surface area contributed by atoms with Gasteiger partial charge in [0.25, 0.3) is 0 Å². The van der Waals surface area contributed by atoms with Crippen molar-refractivity contribution in [1.82, 2.24) is 0 Å². The third kappa shape index (κ3) is 2.60. The predicted molar refractivity (Wildman–Crippen MR) is 92.3 cm³/mol. The molecule has 1 fully saturated rings. The fourth-order valence-corrected chi connectivity index (χ4v) is 4.29. The molecule has 1 aliphatic carbocycles. The van der Waals surface area contributed by atoms with Gasteiger partial charge in [0.05, 0.1) is 0 Å². The lowest BCUT2D eigenvalue weighted by atomic mass is 9.75. The molecule has 1 heterocycles. The van der Waals surface area contributed by atoms with Crippen LogP contribution < -0.4 is 4.74 Å². The fraction of sp³-hybridized carbons (Fsp3) is 0.429. The molecule has 2 aromatic rings. The summed E-state index contributed by atoms with van der Waals surface area (Å²) < 4.78 is 6.29. The van der Waals surface area contributed by atoms with Crippen LogP contribution in [0.15, 0.2) is 42.5 Å². The number of hydrogen-bond acceptors (Lipinski definition) is 2. The largest absolute Gasteiger partial charge is 0.508 e. The second kappa shape index (κ2) is 5.92. The van der Waals surface area contributed by atoms with Crippen molar-refractivity contribution in [2.45, 2.75) is 57.0 Å². The molecule has 120 valence electrons. The Morgan fingerprint density at radius 1 is 1.13 bits per heavy atom. The summed E-state index contributed by atoms with van der Waals surface area (Å²) in [6, 6.07) is 14.8. The molecule has 3 unspecified atom stereocenters. The Hall–Kier alpha value is -1.96. The molecule has 2 nitrogen and oxygen atoms in total. The first kappa shape index (κ1) is 14.6. The van der Waals surface area contributed by atoms with Gasteiger partial charge in [-0.25, -0.2) is 0 Å². The third-order valence-corrected chi connectivity index (χ3v) is 5.47. The van der Waals surface area contributed by atoms with Gasteiger partial charge in [-0.3, -0.25) is 0 Å². The van der Waals surface area contributed by atoms with Crippen LogP contribution in [-0.2, 0) is 6.42 Å². The highest BCUT2D eigenvalue weighted by Crippen LogP contribution is 2.50. The molecular formula is C21H24O2. The molecule has 1 saturated carbocycles. The minimum absolute atomic E-state index is 0.264. The lowest BCUT2D eigenvalue weighted by Gasteiger charge is -2.31. The van der Waals surface area contributed by atoms with Crippen LogP contribution in [0.4, 0.5) is 0 Å². The van der Waals surface area contributed by atoms with Gasteiger partial charge in [-0.15, -0.1) is 0 Å². The number of benzene rings is 2. The van der Waals surface area contributed by atoms with Gasteiger partial charge in [0.2, 0.25) is 0 Å². The molecule has 0 bridgehead atoms. The number of phenols is 1. The zero-order valence-electron chi connectivity index (χ0n) is 13.7. The average Bonchev–Trinajstić information content (AvgIpc) is 2.93. The van der Waals surface area contributed by atoms with Gasteiger partial charge in [0.15, 0.2) is 0 Å².